The predicted octanol–water partition coefficient (Wildman–Crippen LogP) is 9.89. The van der Waals surface area contributed by atoms with Gasteiger partial charge in [-0.25, -0.2) is 0 Å². The zero-order valence-corrected chi connectivity index (χ0v) is 37.2. The number of aliphatic hydroxyl groups is 5. The Morgan fingerprint density at radius 3 is 1.53 bits per heavy atom. The molecule has 1 fully saturated rings. The molecule has 1 aliphatic rings. The van der Waals surface area contributed by atoms with Crippen LogP contribution in [0.3, 0.4) is 0 Å². The van der Waals surface area contributed by atoms with Crippen LogP contribution in [0.5, 0.6) is 0 Å². The second kappa shape index (κ2) is 40.0. The lowest BCUT2D eigenvalue weighted by Crippen LogP contribution is -2.60. The summed E-state index contributed by atoms with van der Waals surface area (Å²) >= 11 is 0. The van der Waals surface area contributed by atoms with Crippen molar-refractivity contribution in [2.24, 2.45) is 0 Å². The summed E-state index contributed by atoms with van der Waals surface area (Å²) < 4.78 is 11.1. The van der Waals surface area contributed by atoms with Gasteiger partial charge in [0.1, 0.15) is 24.4 Å². The fourth-order valence-electron chi connectivity index (χ4n) is 6.40. The summed E-state index contributed by atoms with van der Waals surface area (Å²) in [5.41, 5.74) is 0. The highest BCUT2D eigenvalue weighted by atomic mass is 16.7. The molecule has 9 nitrogen and oxygen atoms in total. The van der Waals surface area contributed by atoms with Gasteiger partial charge in [0.25, 0.3) is 0 Å². The van der Waals surface area contributed by atoms with Crippen molar-refractivity contribution in [1.29, 1.82) is 0 Å². The third-order valence-corrected chi connectivity index (χ3v) is 10.1. The maximum atomic E-state index is 12.9. The average Bonchev–Trinajstić information content (AvgIpc) is 3.25. The molecule has 1 aliphatic heterocycles. The molecule has 0 radical (unpaired) electrons. The summed E-state index contributed by atoms with van der Waals surface area (Å²) in [5, 5.41) is 53.8. The van der Waals surface area contributed by atoms with E-state index >= 15 is 0 Å². The summed E-state index contributed by atoms with van der Waals surface area (Å²) in [4.78, 5) is 12.9. The first-order valence-corrected chi connectivity index (χ1v) is 23.1. The van der Waals surface area contributed by atoms with Crippen molar-refractivity contribution >= 4 is 5.91 Å². The van der Waals surface area contributed by atoms with Crippen LogP contribution in [0, 0.1) is 0 Å². The Bertz CT molecular complexity index is 1300. The topological polar surface area (TPSA) is 149 Å². The molecule has 0 saturated carbocycles. The van der Waals surface area contributed by atoms with Crippen molar-refractivity contribution in [2.45, 2.75) is 192 Å². The number of carbonyl (C=O) groups is 1. The largest absolute Gasteiger partial charge is 0.394 e. The number of hydrogen-bond donors (Lipinski definition) is 6. The van der Waals surface area contributed by atoms with Gasteiger partial charge in [0, 0.05) is 6.42 Å². The van der Waals surface area contributed by atoms with Crippen molar-refractivity contribution < 1.29 is 39.8 Å². The molecular formula is C51H83NO8. The van der Waals surface area contributed by atoms with Crippen molar-refractivity contribution in [2.75, 3.05) is 13.2 Å². The second-order valence-electron chi connectivity index (χ2n) is 15.5. The van der Waals surface area contributed by atoms with Crippen molar-refractivity contribution in [1.82, 2.24) is 5.32 Å². The number of hydrogen-bond acceptors (Lipinski definition) is 8. The molecule has 1 saturated heterocycles. The number of aliphatic hydroxyl groups excluding tert-OH is 5. The lowest BCUT2D eigenvalue weighted by atomic mass is 9.99. The van der Waals surface area contributed by atoms with Crippen molar-refractivity contribution in [3.63, 3.8) is 0 Å². The quantitative estimate of drug-likeness (QED) is 0.0270. The molecule has 0 aliphatic carbocycles. The molecule has 60 heavy (non-hydrogen) atoms. The first kappa shape index (κ1) is 54.9. The number of allylic oxidation sites excluding steroid dienone is 17. The molecule has 7 atom stereocenters. The minimum atomic E-state index is -1.57. The maximum Gasteiger partial charge on any atom is 0.220 e. The van der Waals surface area contributed by atoms with Crippen LogP contribution in [-0.2, 0) is 14.3 Å². The van der Waals surface area contributed by atoms with E-state index in [1.54, 1.807) is 6.08 Å². The van der Waals surface area contributed by atoms with E-state index < -0.39 is 49.5 Å². The number of nitrogens with one attached hydrogen (secondary N) is 1. The van der Waals surface area contributed by atoms with Gasteiger partial charge < -0.3 is 40.3 Å². The molecule has 6 N–H and O–H groups in total. The summed E-state index contributed by atoms with van der Waals surface area (Å²) in [6.45, 7) is 3.53. The molecule has 9 heteroatoms. The monoisotopic (exact) mass is 838 g/mol. The molecule has 1 amide bonds. The zero-order valence-electron chi connectivity index (χ0n) is 37.2. The predicted molar refractivity (Wildman–Crippen MR) is 248 cm³/mol. The van der Waals surface area contributed by atoms with Crippen LogP contribution in [0.25, 0.3) is 0 Å². The molecule has 340 valence electrons. The summed E-state index contributed by atoms with van der Waals surface area (Å²) in [6, 6.07) is -0.817. The normalized spacial score (nSPS) is 21.6. The van der Waals surface area contributed by atoms with Gasteiger partial charge in [-0.3, -0.25) is 4.79 Å². The van der Waals surface area contributed by atoms with E-state index in [0.29, 0.717) is 6.42 Å². The minimum Gasteiger partial charge on any atom is -0.394 e. The lowest BCUT2D eigenvalue weighted by molar-refractivity contribution is -0.302. The van der Waals surface area contributed by atoms with Crippen molar-refractivity contribution in [3.05, 3.63) is 109 Å². The van der Waals surface area contributed by atoms with Crippen LogP contribution in [0.4, 0.5) is 0 Å². The van der Waals surface area contributed by atoms with E-state index in [1.807, 2.05) is 6.08 Å². The molecule has 1 rings (SSSR count). The van der Waals surface area contributed by atoms with E-state index in [2.05, 4.69) is 116 Å². The number of unbranched alkanes of at least 4 members (excludes halogenated alkanes) is 10. The third-order valence-electron chi connectivity index (χ3n) is 10.1. The highest BCUT2D eigenvalue weighted by Gasteiger charge is 2.44. The van der Waals surface area contributed by atoms with Gasteiger partial charge in [-0.15, -0.1) is 0 Å². The molecule has 0 spiro atoms. The van der Waals surface area contributed by atoms with Crippen LogP contribution in [0.2, 0.25) is 0 Å². The highest BCUT2D eigenvalue weighted by Crippen LogP contribution is 2.22. The molecule has 0 aromatic rings. The Balaban J connectivity index is 2.19. The standard InChI is InChI=1S/C51H83NO8/c1-3-5-7-9-11-12-13-14-15-16-17-18-19-20-21-22-23-24-25-26-27-28-29-30-31-32-33-34-35-37-39-41-47(55)52-44(45(54)40-38-36-10-8-6-4-2)43-59-51-50(58)49(57)48(56)46(42-53)60-51/h5,7,11-12,14-15,17-18,20-21,23-24,26-27,29-30,38,40,44-46,48-51,53-54,56-58H,3-4,6,8-10,13,16,19,22,25,28,31-37,39,41-43H2,1-2H3,(H,52,55)/b7-5-,12-11-,15-14-,18-17-,21-20-,24-23-,27-26-,30-29-,40-38+. The number of ether oxygens (including phenoxy) is 2. The minimum absolute atomic E-state index is 0.204. The lowest BCUT2D eigenvalue weighted by Gasteiger charge is -2.40. The Labute approximate surface area is 364 Å². The average molecular weight is 838 g/mol. The smallest absolute Gasteiger partial charge is 0.220 e. The van der Waals surface area contributed by atoms with E-state index in [9.17, 15) is 30.3 Å². The summed E-state index contributed by atoms with van der Waals surface area (Å²) in [7, 11) is 0. The van der Waals surface area contributed by atoms with Gasteiger partial charge >= 0.3 is 0 Å². The number of carbonyl (C=O) groups excluding carboxylic acids is 1. The third kappa shape index (κ3) is 30.0. The number of amides is 1. The fourth-order valence-corrected chi connectivity index (χ4v) is 6.40. The SMILES string of the molecule is CC/C=C\C/C=C\C/C=C\C/C=C\C/C=C\C/C=C\C/C=C\C/C=C\CCCCCCCCC(=O)NC(COC1OC(CO)C(O)C(O)C1O)C(O)/C=C/CCCCCC. The molecule has 0 aromatic heterocycles. The highest BCUT2D eigenvalue weighted by molar-refractivity contribution is 5.76. The van der Waals surface area contributed by atoms with Gasteiger partial charge in [-0.2, -0.15) is 0 Å². The molecule has 0 bridgehead atoms. The van der Waals surface area contributed by atoms with Crippen LogP contribution < -0.4 is 5.32 Å². The Kier molecular flexibility index (Phi) is 36.5. The van der Waals surface area contributed by atoms with Crippen LogP contribution in [-0.4, -0.2) is 87.5 Å². The Morgan fingerprint density at radius 1 is 0.583 bits per heavy atom. The van der Waals surface area contributed by atoms with Crippen LogP contribution >= 0.6 is 0 Å². The molecule has 0 aromatic carbocycles. The summed E-state index contributed by atoms with van der Waals surface area (Å²) in [6.07, 6.45) is 51.7. The van der Waals surface area contributed by atoms with Gasteiger partial charge in [0.2, 0.25) is 5.91 Å². The second-order valence-corrected chi connectivity index (χ2v) is 15.5. The maximum absolute atomic E-state index is 12.9. The van der Waals surface area contributed by atoms with E-state index in [0.717, 1.165) is 128 Å². The van der Waals surface area contributed by atoms with Crippen molar-refractivity contribution in [3.8, 4) is 0 Å². The zero-order chi connectivity index (χ0) is 43.7. The van der Waals surface area contributed by atoms with E-state index in [4.69, 9.17) is 9.47 Å². The van der Waals surface area contributed by atoms with E-state index in [-0.39, 0.29) is 12.5 Å². The molecular weight excluding hydrogens is 755 g/mol. The van der Waals surface area contributed by atoms with Gasteiger partial charge in [0.15, 0.2) is 6.29 Å². The Morgan fingerprint density at radius 2 is 1.03 bits per heavy atom. The van der Waals surface area contributed by atoms with Gasteiger partial charge in [0.05, 0.1) is 25.4 Å². The van der Waals surface area contributed by atoms with E-state index in [1.165, 1.54) is 0 Å². The summed E-state index contributed by atoms with van der Waals surface area (Å²) in [5.74, 6) is -0.204. The first-order chi connectivity index (χ1) is 29.3. The first-order valence-electron chi connectivity index (χ1n) is 23.1. The molecule has 7 unspecified atom stereocenters. The fraction of sp³-hybridized carbons (Fsp3) is 0.627. The number of rotatable bonds is 36. The molecule has 1 heterocycles. The van der Waals surface area contributed by atoms with Gasteiger partial charge in [-0.05, 0) is 83.5 Å². The Hall–Kier alpha value is -3.15. The van der Waals surface area contributed by atoms with Gasteiger partial charge in [-0.1, -0.05) is 168 Å². The van der Waals surface area contributed by atoms with Crippen LogP contribution in [0.1, 0.15) is 149 Å². The van der Waals surface area contributed by atoms with Crippen LogP contribution in [0.15, 0.2) is 109 Å².